The van der Waals surface area contributed by atoms with Crippen molar-refractivity contribution in [3.8, 4) is 0 Å². The van der Waals surface area contributed by atoms with Crippen molar-refractivity contribution in [3.63, 3.8) is 0 Å². The van der Waals surface area contributed by atoms with Gasteiger partial charge in [-0.15, -0.1) is 10.2 Å². The van der Waals surface area contributed by atoms with Gasteiger partial charge in [0.1, 0.15) is 0 Å². The highest BCUT2D eigenvalue weighted by atomic mass is 35.5. The second-order valence-electron chi connectivity index (χ2n) is 4.42. The first kappa shape index (κ1) is 12.8. The van der Waals surface area contributed by atoms with E-state index in [1.807, 2.05) is 24.3 Å². The lowest BCUT2D eigenvalue weighted by Crippen LogP contribution is -2.31. The number of anilines is 1. The van der Waals surface area contributed by atoms with Gasteiger partial charge in [0.2, 0.25) is 0 Å². The Morgan fingerprint density at radius 3 is 2.33 bits per heavy atom. The second-order valence-corrected chi connectivity index (χ2v) is 4.81. The van der Waals surface area contributed by atoms with Crippen molar-refractivity contribution in [2.75, 3.05) is 4.90 Å². The molecule has 0 saturated carbocycles. The van der Waals surface area contributed by atoms with E-state index < -0.39 is 0 Å². The number of nitrogens with zero attached hydrogens (tertiary/aromatic N) is 3. The molecule has 2 rings (SSSR count). The van der Waals surface area contributed by atoms with Gasteiger partial charge in [0.05, 0.1) is 0 Å². The Hall–Kier alpha value is -1.61. The third kappa shape index (κ3) is 3.20. The van der Waals surface area contributed by atoms with Crippen molar-refractivity contribution in [1.29, 1.82) is 0 Å². The topological polar surface area (TPSA) is 29.0 Å². The molecule has 2 aromatic rings. The Morgan fingerprint density at radius 2 is 1.78 bits per heavy atom. The fraction of sp³-hybridized carbons (Fsp3) is 0.286. The molecule has 1 aromatic heterocycles. The predicted octanol–water partition coefficient (Wildman–Crippen LogP) is 3.55. The van der Waals surface area contributed by atoms with Gasteiger partial charge in [-0.25, -0.2) is 0 Å². The van der Waals surface area contributed by atoms with Gasteiger partial charge in [-0.3, -0.25) is 0 Å². The molecular weight excluding hydrogens is 246 g/mol. The third-order valence-corrected chi connectivity index (χ3v) is 2.93. The van der Waals surface area contributed by atoms with E-state index in [9.17, 15) is 0 Å². The molecule has 0 radical (unpaired) electrons. The van der Waals surface area contributed by atoms with Gasteiger partial charge >= 0.3 is 0 Å². The summed E-state index contributed by atoms with van der Waals surface area (Å²) in [7, 11) is 0. The first-order valence-electron chi connectivity index (χ1n) is 5.96. The molecule has 94 valence electrons. The zero-order valence-electron chi connectivity index (χ0n) is 10.5. The number of aromatic nitrogens is 2. The molecule has 0 atom stereocenters. The van der Waals surface area contributed by atoms with Crippen molar-refractivity contribution >= 4 is 17.4 Å². The van der Waals surface area contributed by atoms with Gasteiger partial charge in [-0.1, -0.05) is 41.9 Å². The molecule has 0 bridgehead atoms. The molecule has 0 aliphatic rings. The quantitative estimate of drug-likeness (QED) is 0.843. The van der Waals surface area contributed by atoms with Crippen LogP contribution >= 0.6 is 11.6 Å². The Labute approximate surface area is 112 Å². The largest absolute Gasteiger partial charge is 0.348 e. The van der Waals surface area contributed by atoms with Gasteiger partial charge in [0, 0.05) is 12.6 Å². The van der Waals surface area contributed by atoms with Crippen LogP contribution in [0.25, 0.3) is 0 Å². The van der Waals surface area contributed by atoms with Gasteiger partial charge in [-0.2, -0.15) is 0 Å². The van der Waals surface area contributed by atoms with Crippen molar-refractivity contribution in [2.45, 2.75) is 26.4 Å². The van der Waals surface area contributed by atoms with Crippen LogP contribution in [0.3, 0.4) is 0 Å². The molecule has 1 aromatic carbocycles. The average Bonchev–Trinajstić information content (AvgIpc) is 2.38. The highest BCUT2D eigenvalue weighted by Crippen LogP contribution is 2.18. The standard InChI is InChI=1S/C14H16ClN3/c1-11(2)18(10-12-6-4-3-5-7-12)14-9-8-13(15)16-17-14/h3-9,11H,10H2,1-2H3. The molecule has 0 N–H and O–H groups in total. The van der Waals surface area contributed by atoms with Crippen LogP contribution in [0.15, 0.2) is 42.5 Å². The van der Waals surface area contributed by atoms with Crippen LogP contribution in [-0.2, 0) is 6.54 Å². The molecule has 1 heterocycles. The summed E-state index contributed by atoms with van der Waals surface area (Å²) in [6.07, 6.45) is 0. The average molecular weight is 262 g/mol. The fourth-order valence-corrected chi connectivity index (χ4v) is 1.87. The highest BCUT2D eigenvalue weighted by Gasteiger charge is 2.12. The summed E-state index contributed by atoms with van der Waals surface area (Å²) in [6, 6.07) is 14.3. The molecule has 0 amide bonds. The van der Waals surface area contributed by atoms with Crippen molar-refractivity contribution in [3.05, 3.63) is 53.2 Å². The zero-order chi connectivity index (χ0) is 13.0. The number of rotatable bonds is 4. The summed E-state index contributed by atoms with van der Waals surface area (Å²) in [4.78, 5) is 2.19. The molecule has 0 saturated heterocycles. The summed E-state index contributed by atoms with van der Waals surface area (Å²) in [5.41, 5.74) is 1.25. The minimum Gasteiger partial charge on any atom is -0.348 e. The number of halogens is 1. The Kier molecular flexibility index (Phi) is 4.15. The van der Waals surface area contributed by atoms with Crippen molar-refractivity contribution in [1.82, 2.24) is 10.2 Å². The molecule has 0 spiro atoms. The predicted molar refractivity (Wildman–Crippen MR) is 74.8 cm³/mol. The van der Waals surface area contributed by atoms with Crippen LogP contribution < -0.4 is 4.90 Å². The molecule has 0 unspecified atom stereocenters. The summed E-state index contributed by atoms with van der Waals surface area (Å²) in [5, 5.41) is 8.46. The first-order valence-corrected chi connectivity index (χ1v) is 6.34. The first-order chi connectivity index (χ1) is 8.66. The van der Waals surface area contributed by atoms with Crippen LogP contribution in [-0.4, -0.2) is 16.2 Å². The Morgan fingerprint density at radius 1 is 1.06 bits per heavy atom. The zero-order valence-corrected chi connectivity index (χ0v) is 11.3. The van der Waals surface area contributed by atoms with E-state index in [-0.39, 0.29) is 0 Å². The monoisotopic (exact) mass is 261 g/mol. The van der Waals surface area contributed by atoms with E-state index in [0.717, 1.165) is 12.4 Å². The van der Waals surface area contributed by atoms with Crippen LogP contribution in [0, 0.1) is 0 Å². The van der Waals surface area contributed by atoms with Gasteiger partial charge in [0.15, 0.2) is 11.0 Å². The van der Waals surface area contributed by atoms with E-state index in [4.69, 9.17) is 11.6 Å². The minimum absolute atomic E-state index is 0.348. The lowest BCUT2D eigenvalue weighted by Gasteiger charge is -2.27. The maximum absolute atomic E-state index is 5.76. The molecule has 0 fully saturated rings. The maximum atomic E-state index is 5.76. The lowest BCUT2D eigenvalue weighted by molar-refractivity contribution is 0.666. The smallest absolute Gasteiger partial charge is 0.151 e. The minimum atomic E-state index is 0.348. The van der Waals surface area contributed by atoms with Crippen LogP contribution in [0.1, 0.15) is 19.4 Å². The van der Waals surface area contributed by atoms with Crippen LogP contribution in [0.5, 0.6) is 0 Å². The van der Waals surface area contributed by atoms with Gasteiger partial charge < -0.3 is 4.90 Å². The summed E-state index contributed by atoms with van der Waals surface area (Å²) in [5.74, 6) is 0.846. The molecule has 0 aliphatic carbocycles. The van der Waals surface area contributed by atoms with E-state index in [0.29, 0.717) is 11.2 Å². The van der Waals surface area contributed by atoms with E-state index in [1.54, 1.807) is 6.07 Å². The molecule has 3 nitrogen and oxygen atoms in total. The number of hydrogen-bond donors (Lipinski definition) is 0. The van der Waals surface area contributed by atoms with E-state index >= 15 is 0 Å². The molecule has 4 heteroatoms. The van der Waals surface area contributed by atoms with E-state index in [2.05, 4.69) is 41.1 Å². The van der Waals surface area contributed by atoms with Crippen LogP contribution in [0.4, 0.5) is 5.82 Å². The molecular formula is C14H16ClN3. The number of hydrogen-bond acceptors (Lipinski definition) is 3. The Balaban J connectivity index is 2.21. The lowest BCUT2D eigenvalue weighted by atomic mass is 10.2. The van der Waals surface area contributed by atoms with Crippen LogP contribution in [0.2, 0.25) is 5.15 Å². The Bertz CT molecular complexity index is 482. The normalized spacial score (nSPS) is 10.7. The van der Waals surface area contributed by atoms with Gasteiger partial charge in [0.25, 0.3) is 0 Å². The summed E-state index contributed by atoms with van der Waals surface area (Å²) in [6.45, 7) is 5.09. The van der Waals surface area contributed by atoms with Crippen molar-refractivity contribution < 1.29 is 0 Å². The van der Waals surface area contributed by atoms with E-state index in [1.165, 1.54) is 5.56 Å². The second kappa shape index (κ2) is 5.83. The maximum Gasteiger partial charge on any atom is 0.151 e. The molecule has 0 aliphatic heterocycles. The summed E-state index contributed by atoms with van der Waals surface area (Å²) >= 11 is 5.76. The SMILES string of the molecule is CC(C)N(Cc1ccccc1)c1ccc(Cl)nn1. The van der Waals surface area contributed by atoms with Crippen molar-refractivity contribution in [2.24, 2.45) is 0 Å². The summed E-state index contributed by atoms with van der Waals surface area (Å²) < 4.78 is 0. The third-order valence-electron chi connectivity index (χ3n) is 2.73. The fourth-order valence-electron chi connectivity index (χ4n) is 1.77. The molecule has 18 heavy (non-hydrogen) atoms. The van der Waals surface area contributed by atoms with Gasteiger partial charge in [-0.05, 0) is 31.5 Å². The highest BCUT2D eigenvalue weighted by molar-refractivity contribution is 6.29. The number of benzene rings is 1.